The summed E-state index contributed by atoms with van der Waals surface area (Å²) in [5.74, 6) is 0.650. The van der Waals surface area contributed by atoms with Crippen LogP contribution in [0.2, 0.25) is 5.02 Å². The first kappa shape index (κ1) is 13.6. The number of pyridine rings is 1. The van der Waals surface area contributed by atoms with Crippen molar-refractivity contribution in [3.63, 3.8) is 0 Å². The van der Waals surface area contributed by atoms with Crippen molar-refractivity contribution in [1.29, 1.82) is 0 Å². The molecule has 0 saturated carbocycles. The number of benzene rings is 1. The van der Waals surface area contributed by atoms with Crippen LogP contribution in [0.4, 0.5) is 0 Å². The Hall–Kier alpha value is -2.33. The van der Waals surface area contributed by atoms with Crippen LogP contribution >= 0.6 is 11.6 Å². The van der Waals surface area contributed by atoms with Gasteiger partial charge in [-0.1, -0.05) is 17.7 Å². The van der Waals surface area contributed by atoms with Crippen molar-refractivity contribution in [2.75, 3.05) is 6.54 Å². The minimum absolute atomic E-state index is 0.187. The maximum absolute atomic E-state index is 12.3. The van der Waals surface area contributed by atoms with E-state index in [9.17, 15) is 4.79 Å². The number of hydrogen-bond acceptors (Lipinski definition) is 3. The topological polar surface area (TPSA) is 55.1 Å². The van der Waals surface area contributed by atoms with Crippen molar-refractivity contribution in [2.45, 2.75) is 6.42 Å². The number of fused-ring (bicyclic) bond motifs is 1. The second-order valence-electron chi connectivity index (χ2n) is 4.61. The second-order valence-corrected chi connectivity index (χ2v) is 5.05. The molecule has 0 radical (unpaired) electrons. The Morgan fingerprint density at radius 3 is 3.00 bits per heavy atom. The summed E-state index contributed by atoms with van der Waals surface area (Å²) >= 11 is 6.06. The van der Waals surface area contributed by atoms with E-state index in [-0.39, 0.29) is 5.91 Å². The minimum Gasteiger partial charge on any atom is -0.469 e. The van der Waals surface area contributed by atoms with Crippen LogP contribution in [-0.2, 0) is 6.42 Å². The molecule has 0 atom stereocenters. The average molecular weight is 301 g/mol. The van der Waals surface area contributed by atoms with Crippen LogP contribution in [-0.4, -0.2) is 17.4 Å². The molecule has 2 aromatic heterocycles. The second kappa shape index (κ2) is 5.97. The Balaban J connectivity index is 1.78. The van der Waals surface area contributed by atoms with Crippen molar-refractivity contribution in [1.82, 2.24) is 10.3 Å². The third-order valence-corrected chi connectivity index (χ3v) is 3.37. The van der Waals surface area contributed by atoms with Gasteiger partial charge in [0.25, 0.3) is 5.91 Å². The zero-order valence-electron chi connectivity index (χ0n) is 11.2. The molecule has 0 fully saturated rings. The number of carbonyl (C=O) groups is 1. The highest BCUT2D eigenvalue weighted by atomic mass is 35.5. The molecule has 1 aromatic carbocycles. The Labute approximate surface area is 126 Å². The van der Waals surface area contributed by atoms with Crippen LogP contribution in [0, 0.1) is 0 Å². The molecular weight excluding hydrogens is 288 g/mol. The van der Waals surface area contributed by atoms with Gasteiger partial charge in [0.15, 0.2) is 0 Å². The number of amides is 1. The molecule has 0 aliphatic carbocycles. The zero-order chi connectivity index (χ0) is 14.7. The third-order valence-electron chi connectivity index (χ3n) is 3.15. The summed E-state index contributed by atoms with van der Waals surface area (Å²) in [4.78, 5) is 16.6. The van der Waals surface area contributed by atoms with Crippen LogP contribution in [0.3, 0.4) is 0 Å². The first-order valence-electron chi connectivity index (χ1n) is 6.59. The van der Waals surface area contributed by atoms with E-state index in [1.54, 1.807) is 24.6 Å². The zero-order valence-corrected chi connectivity index (χ0v) is 11.9. The summed E-state index contributed by atoms with van der Waals surface area (Å²) in [5.41, 5.74) is 1.13. The largest absolute Gasteiger partial charge is 0.469 e. The highest BCUT2D eigenvalue weighted by Gasteiger charge is 2.12. The number of hydrogen-bond donors (Lipinski definition) is 1. The lowest BCUT2D eigenvalue weighted by atomic mass is 10.1. The number of nitrogens with zero attached hydrogens (tertiary/aromatic N) is 1. The first-order valence-corrected chi connectivity index (χ1v) is 6.97. The summed E-state index contributed by atoms with van der Waals surface area (Å²) in [6.07, 6.45) is 3.92. The van der Waals surface area contributed by atoms with Gasteiger partial charge in [-0.05, 0) is 30.3 Å². The fourth-order valence-electron chi connectivity index (χ4n) is 2.18. The van der Waals surface area contributed by atoms with E-state index in [4.69, 9.17) is 16.0 Å². The number of aromatic nitrogens is 1. The van der Waals surface area contributed by atoms with Gasteiger partial charge in [0, 0.05) is 29.6 Å². The minimum atomic E-state index is -0.187. The van der Waals surface area contributed by atoms with E-state index < -0.39 is 0 Å². The molecule has 0 saturated heterocycles. The SMILES string of the molecule is O=C(NCCc1ccco1)c1cc(Cl)cc2cccnc12. The Kier molecular flexibility index (Phi) is 3.88. The monoisotopic (exact) mass is 300 g/mol. The Morgan fingerprint density at radius 2 is 2.19 bits per heavy atom. The van der Waals surface area contributed by atoms with Crippen LogP contribution < -0.4 is 5.32 Å². The first-order chi connectivity index (χ1) is 10.2. The standard InChI is InChI=1S/C16H13ClN2O2/c17-12-9-11-3-1-6-18-15(11)14(10-12)16(20)19-7-5-13-4-2-8-21-13/h1-4,6,8-10H,5,7H2,(H,19,20). The Morgan fingerprint density at radius 1 is 1.29 bits per heavy atom. The smallest absolute Gasteiger partial charge is 0.253 e. The van der Waals surface area contributed by atoms with Gasteiger partial charge in [0.2, 0.25) is 0 Å². The third kappa shape index (κ3) is 3.06. The number of furan rings is 1. The van der Waals surface area contributed by atoms with Crippen molar-refractivity contribution in [3.05, 3.63) is 65.2 Å². The van der Waals surface area contributed by atoms with Gasteiger partial charge >= 0.3 is 0 Å². The molecule has 0 unspecified atom stereocenters. The van der Waals surface area contributed by atoms with Crippen molar-refractivity contribution >= 4 is 28.4 Å². The highest BCUT2D eigenvalue weighted by Crippen LogP contribution is 2.22. The quantitative estimate of drug-likeness (QED) is 0.803. The van der Waals surface area contributed by atoms with Crippen molar-refractivity contribution in [3.8, 4) is 0 Å². The van der Waals surface area contributed by atoms with E-state index >= 15 is 0 Å². The molecule has 21 heavy (non-hydrogen) atoms. The van der Waals surface area contributed by atoms with Crippen LogP contribution in [0.25, 0.3) is 10.9 Å². The number of nitrogens with one attached hydrogen (secondary N) is 1. The van der Waals surface area contributed by atoms with Gasteiger partial charge in [0.05, 0.1) is 17.3 Å². The van der Waals surface area contributed by atoms with Crippen LogP contribution in [0.1, 0.15) is 16.1 Å². The Bertz CT molecular complexity index is 769. The molecule has 2 heterocycles. The molecule has 0 spiro atoms. The van der Waals surface area contributed by atoms with Crippen molar-refractivity contribution in [2.24, 2.45) is 0 Å². The lowest BCUT2D eigenvalue weighted by molar-refractivity contribution is 0.0955. The normalized spacial score (nSPS) is 10.7. The van der Waals surface area contributed by atoms with Gasteiger partial charge in [-0.15, -0.1) is 0 Å². The van der Waals surface area contributed by atoms with Crippen LogP contribution in [0.5, 0.6) is 0 Å². The predicted molar refractivity (Wildman–Crippen MR) is 81.5 cm³/mol. The van der Waals surface area contributed by atoms with Gasteiger partial charge in [-0.3, -0.25) is 9.78 Å². The lowest BCUT2D eigenvalue weighted by Gasteiger charge is -2.07. The fraction of sp³-hybridized carbons (Fsp3) is 0.125. The predicted octanol–water partition coefficient (Wildman–Crippen LogP) is 3.45. The lowest BCUT2D eigenvalue weighted by Crippen LogP contribution is -2.26. The van der Waals surface area contributed by atoms with Gasteiger partial charge in [-0.25, -0.2) is 0 Å². The summed E-state index contributed by atoms with van der Waals surface area (Å²) in [6, 6.07) is 10.8. The fourth-order valence-corrected chi connectivity index (χ4v) is 2.40. The average Bonchev–Trinajstić information content (AvgIpc) is 2.99. The molecule has 4 nitrogen and oxygen atoms in total. The number of rotatable bonds is 4. The molecule has 0 bridgehead atoms. The van der Waals surface area contributed by atoms with Crippen molar-refractivity contribution < 1.29 is 9.21 Å². The van der Waals surface area contributed by atoms with E-state index in [1.807, 2.05) is 24.3 Å². The maximum atomic E-state index is 12.3. The molecule has 1 amide bonds. The molecule has 0 aliphatic rings. The molecular formula is C16H13ClN2O2. The maximum Gasteiger partial charge on any atom is 0.253 e. The van der Waals surface area contributed by atoms with Gasteiger partial charge < -0.3 is 9.73 Å². The summed E-state index contributed by atoms with van der Waals surface area (Å²) < 4.78 is 5.23. The summed E-state index contributed by atoms with van der Waals surface area (Å²) in [7, 11) is 0. The number of halogens is 1. The van der Waals surface area contributed by atoms with E-state index in [2.05, 4.69) is 10.3 Å². The molecule has 0 aliphatic heterocycles. The van der Waals surface area contributed by atoms with E-state index in [0.29, 0.717) is 29.1 Å². The van der Waals surface area contributed by atoms with Gasteiger partial charge in [-0.2, -0.15) is 0 Å². The molecule has 106 valence electrons. The molecule has 3 rings (SSSR count). The number of carbonyl (C=O) groups excluding carboxylic acids is 1. The molecule has 5 heteroatoms. The molecule has 1 N–H and O–H groups in total. The summed E-state index contributed by atoms with van der Waals surface area (Å²) in [6.45, 7) is 0.493. The summed E-state index contributed by atoms with van der Waals surface area (Å²) in [5, 5.41) is 4.23. The highest BCUT2D eigenvalue weighted by molar-refractivity contribution is 6.32. The van der Waals surface area contributed by atoms with Gasteiger partial charge in [0.1, 0.15) is 5.76 Å². The van der Waals surface area contributed by atoms with Crippen LogP contribution in [0.15, 0.2) is 53.3 Å². The van der Waals surface area contributed by atoms with E-state index in [1.165, 1.54) is 0 Å². The molecule has 3 aromatic rings. The van der Waals surface area contributed by atoms with E-state index in [0.717, 1.165) is 11.1 Å².